The van der Waals surface area contributed by atoms with Gasteiger partial charge in [-0.3, -0.25) is 5.32 Å². The number of benzene rings is 1. The lowest BCUT2D eigenvalue weighted by Gasteiger charge is -2.20. The number of carbonyl (C=O) groups is 1. The summed E-state index contributed by atoms with van der Waals surface area (Å²) in [6, 6.07) is 6.55. The standard InChI is InChI=1S/C13H20N2O3/c1-13(2,3)18-12(17)15-10-6-4-5-9(7-10)11(14)8-16/h4-7,11,16H,8,14H2,1-3H3,(H,15,17). The van der Waals surface area contributed by atoms with Crippen molar-refractivity contribution in [3.63, 3.8) is 0 Å². The molecule has 0 aliphatic carbocycles. The minimum atomic E-state index is -0.538. The zero-order valence-corrected chi connectivity index (χ0v) is 10.9. The smallest absolute Gasteiger partial charge is 0.412 e. The molecular formula is C13H20N2O3. The highest BCUT2D eigenvalue weighted by Gasteiger charge is 2.16. The van der Waals surface area contributed by atoms with Gasteiger partial charge in [0.15, 0.2) is 0 Å². The van der Waals surface area contributed by atoms with Crippen molar-refractivity contribution in [2.75, 3.05) is 11.9 Å². The first-order valence-corrected chi connectivity index (χ1v) is 5.78. The van der Waals surface area contributed by atoms with Crippen LogP contribution in [-0.2, 0) is 4.74 Å². The summed E-state index contributed by atoms with van der Waals surface area (Å²) in [6.45, 7) is 5.25. The monoisotopic (exact) mass is 252 g/mol. The fourth-order valence-electron chi connectivity index (χ4n) is 1.37. The number of hydrogen-bond acceptors (Lipinski definition) is 4. The number of nitrogens with two attached hydrogens (primary N) is 1. The Morgan fingerprint density at radius 3 is 2.72 bits per heavy atom. The van der Waals surface area contributed by atoms with Crippen molar-refractivity contribution in [3.05, 3.63) is 29.8 Å². The molecule has 1 aromatic carbocycles. The van der Waals surface area contributed by atoms with Crippen LogP contribution in [0.25, 0.3) is 0 Å². The van der Waals surface area contributed by atoms with Crippen LogP contribution in [0.1, 0.15) is 32.4 Å². The lowest BCUT2D eigenvalue weighted by molar-refractivity contribution is 0.0636. The van der Waals surface area contributed by atoms with Crippen molar-refractivity contribution in [1.82, 2.24) is 0 Å². The van der Waals surface area contributed by atoms with E-state index < -0.39 is 17.7 Å². The van der Waals surface area contributed by atoms with E-state index in [0.717, 1.165) is 5.56 Å². The Morgan fingerprint density at radius 2 is 2.17 bits per heavy atom. The first-order valence-electron chi connectivity index (χ1n) is 5.78. The molecule has 0 bridgehead atoms. The molecule has 0 aliphatic rings. The highest BCUT2D eigenvalue weighted by atomic mass is 16.6. The number of aliphatic hydroxyl groups is 1. The van der Waals surface area contributed by atoms with Crippen LogP contribution in [0, 0.1) is 0 Å². The summed E-state index contributed by atoms with van der Waals surface area (Å²) in [5.74, 6) is 0. The first-order chi connectivity index (χ1) is 8.31. The molecule has 0 saturated carbocycles. The molecule has 1 rings (SSSR count). The number of ether oxygens (including phenoxy) is 1. The predicted octanol–water partition coefficient (Wildman–Crippen LogP) is 2.03. The Bertz CT molecular complexity index is 413. The van der Waals surface area contributed by atoms with Gasteiger partial charge in [-0.15, -0.1) is 0 Å². The van der Waals surface area contributed by atoms with Crippen LogP contribution >= 0.6 is 0 Å². The lowest BCUT2D eigenvalue weighted by atomic mass is 10.1. The van der Waals surface area contributed by atoms with Gasteiger partial charge >= 0.3 is 6.09 Å². The molecule has 0 radical (unpaired) electrons. The van der Waals surface area contributed by atoms with Gasteiger partial charge in [0.05, 0.1) is 12.6 Å². The average molecular weight is 252 g/mol. The Kier molecular flexibility index (Phi) is 4.69. The van der Waals surface area contributed by atoms with Crippen LogP contribution in [0.4, 0.5) is 10.5 Å². The molecule has 0 aromatic heterocycles. The van der Waals surface area contributed by atoms with E-state index in [1.807, 2.05) is 0 Å². The molecular weight excluding hydrogens is 232 g/mol. The van der Waals surface area contributed by atoms with Gasteiger partial charge < -0.3 is 15.6 Å². The van der Waals surface area contributed by atoms with Crippen molar-refractivity contribution in [2.45, 2.75) is 32.4 Å². The summed E-state index contributed by atoms with van der Waals surface area (Å²) in [6.07, 6.45) is -0.516. The summed E-state index contributed by atoms with van der Waals surface area (Å²) < 4.78 is 5.14. The second-order valence-electron chi connectivity index (χ2n) is 5.04. The molecule has 0 fully saturated rings. The second-order valence-corrected chi connectivity index (χ2v) is 5.04. The average Bonchev–Trinajstić information content (AvgIpc) is 2.25. The topological polar surface area (TPSA) is 84.6 Å². The van der Waals surface area contributed by atoms with E-state index in [-0.39, 0.29) is 6.61 Å². The maximum Gasteiger partial charge on any atom is 0.412 e. The molecule has 1 aromatic rings. The minimum Gasteiger partial charge on any atom is -0.444 e. The van der Waals surface area contributed by atoms with Crippen LogP contribution in [0.2, 0.25) is 0 Å². The van der Waals surface area contributed by atoms with E-state index >= 15 is 0 Å². The van der Waals surface area contributed by atoms with Gasteiger partial charge in [0.25, 0.3) is 0 Å². The SMILES string of the molecule is CC(C)(C)OC(=O)Nc1cccc(C(N)CO)c1. The Morgan fingerprint density at radius 1 is 1.50 bits per heavy atom. The van der Waals surface area contributed by atoms with Crippen LogP contribution in [0.15, 0.2) is 24.3 Å². The molecule has 5 heteroatoms. The quantitative estimate of drug-likeness (QED) is 0.768. The largest absolute Gasteiger partial charge is 0.444 e. The summed E-state index contributed by atoms with van der Waals surface area (Å²) in [5, 5.41) is 11.6. The Labute approximate surface area is 107 Å². The predicted molar refractivity (Wildman–Crippen MR) is 70.3 cm³/mol. The van der Waals surface area contributed by atoms with Crippen molar-refractivity contribution in [2.24, 2.45) is 5.73 Å². The fourth-order valence-corrected chi connectivity index (χ4v) is 1.37. The van der Waals surface area contributed by atoms with Gasteiger partial charge in [0.2, 0.25) is 0 Å². The molecule has 1 amide bonds. The number of nitrogens with one attached hydrogen (secondary N) is 1. The molecule has 0 aliphatic heterocycles. The summed E-state index contributed by atoms with van der Waals surface area (Å²) in [5.41, 5.74) is 6.51. The molecule has 18 heavy (non-hydrogen) atoms. The van der Waals surface area contributed by atoms with E-state index in [9.17, 15) is 4.79 Å². The first kappa shape index (κ1) is 14.5. The number of hydrogen-bond donors (Lipinski definition) is 3. The molecule has 1 atom stereocenters. The minimum absolute atomic E-state index is 0.143. The normalized spacial score (nSPS) is 12.9. The molecule has 5 nitrogen and oxygen atoms in total. The number of rotatable bonds is 3. The highest BCUT2D eigenvalue weighted by Crippen LogP contribution is 2.17. The molecule has 1 unspecified atom stereocenters. The number of carbonyl (C=O) groups excluding carboxylic acids is 1. The van der Waals surface area contributed by atoms with Gasteiger partial charge in [-0.1, -0.05) is 12.1 Å². The Hall–Kier alpha value is -1.59. The van der Waals surface area contributed by atoms with Crippen LogP contribution in [-0.4, -0.2) is 23.4 Å². The fraction of sp³-hybridized carbons (Fsp3) is 0.462. The summed E-state index contributed by atoms with van der Waals surface area (Å²) in [4.78, 5) is 11.6. The molecule has 4 N–H and O–H groups in total. The highest BCUT2D eigenvalue weighted by molar-refractivity contribution is 5.84. The maximum absolute atomic E-state index is 11.6. The zero-order chi connectivity index (χ0) is 13.8. The molecule has 0 spiro atoms. The third-order valence-corrected chi connectivity index (χ3v) is 2.16. The number of anilines is 1. The third kappa shape index (κ3) is 4.73. The van der Waals surface area contributed by atoms with Crippen LogP contribution in [0.3, 0.4) is 0 Å². The van der Waals surface area contributed by atoms with E-state index in [1.165, 1.54) is 0 Å². The van der Waals surface area contributed by atoms with Crippen molar-refractivity contribution >= 4 is 11.8 Å². The lowest BCUT2D eigenvalue weighted by Crippen LogP contribution is -2.27. The van der Waals surface area contributed by atoms with E-state index in [1.54, 1.807) is 45.0 Å². The van der Waals surface area contributed by atoms with Crippen LogP contribution < -0.4 is 11.1 Å². The summed E-state index contributed by atoms with van der Waals surface area (Å²) in [7, 11) is 0. The number of amides is 1. The van der Waals surface area contributed by atoms with E-state index in [0.29, 0.717) is 5.69 Å². The van der Waals surface area contributed by atoms with Crippen LogP contribution in [0.5, 0.6) is 0 Å². The van der Waals surface area contributed by atoms with E-state index in [2.05, 4.69) is 5.32 Å². The molecule has 0 heterocycles. The van der Waals surface area contributed by atoms with Crippen molar-refractivity contribution in [3.8, 4) is 0 Å². The number of aliphatic hydroxyl groups excluding tert-OH is 1. The second kappa shape index (κ2) is 5.84. The molecule has 0 saturated heterocycles. The maximum atomic E-state index is 11.6. The van der Waals surface area contributed by atoms with Gasteiger partial charge in [-0.25, -0.2) is 4.79 Å². The van der Waals surface area contributed by atoms with E-state index in [4.69, 9.17) is 15.6 Å². The third-order valence-electron chi connectivity index (χ3n) is 2.16. The van der Waals surface area contributed by atoms with Gasteiger partial charge in [-0.2, -0.15) is 0 Å². The zero-order valence-electron chi connectivity index (χ0n) is 10.9. The van der Waals surface area contributed by atoms with Crippen molar-refractivity contribution in [1.29, 1.82) is 0 Å². The molecule has 100 valence electrons. The van der Waals surface area contributed by atoms with Gasteiger partial charge in [-0.05, 0) is 38.5 Å². The van der Waals surface area contributed by atoms with Crippen molar-refractivity contribution < 1.29 is 14.6 Å². The summed E-state index contributed by atoms with van der Waals surface area (Å²) >= 11 is 0. The Balaban J connectivity index is 2.71. The van der Waals surface area contributed by atoms with Gasteiger partial charge in [0, 0.05) is 5.69 Å². The van der Waals surface area contributed by atoms with Gasteiger partial charge in [0.1, 0.15) is 5.60 Å².